The number of para-hydroxylation sites is 1. The highest BCUT2D eigenvalue weighted by atomic mass is 16.5. The molecule has 0 aromatic heterocycles. The SMILES string of the molecule is CCNC(=NCC1CN(C)CCO1)NC1CC2(CCCC2)Oc2ccccc21. The van der Waals surface area contributed by atoms with E-state index >= 15 is 0 Å². The average Bonchev–Trinajstić information content (AvgIpc) is 3.13. The average molecular weight is 387 g/mol. The Hall–Kier alpha value is -1.79. The molecular formula is C22H34N4O2. The van der Waals surface area contributed by atoms with Gasteiger partial charge in [-0.1, -0.05) is 18.2 Å². The fraction of sp³-hybridized carbons (Fsp3) is 0.682. The molecule has 1 aromatic rings. The highest BCUT2D eigenvalue weighted by Gasteiger charge is 2.43. The molecule has 2 N–H and O–H groups in total. The van der Waals surface area contributed by atoms with Gasteiger partial charge in [0.15, 0.2) is 5.96 Å². The second kappa shape index (κ2) is 8.70. The lowest BCUT2D eigenvalue weighted by Gasteiger charge is -2.40. The zero-order valence-corrected chi connectivity index (χ0v) is 17.2. The van der Waals surface area contributed by atoms with Gasteiger partial charge in [-0.05, 0) is 45.7 Å². The lowest BCUT2D eigenvalue weighted by Crippen LogP contribution is -2.47. The summed E-state index contributed by atoms with van der Waals surface area (Å²) in [6, 6.07) is 8.67. The standard InChI is InChI=1S/C22H34N4O2/c1-3-23-21(24-15-17-16-26(2)12-13-27-17)25-19-14-22(10-6-7-11-22)28-20-9-5-4-8-18(19)20/h4-5,8-9,17,19H,3,6-7,10-16H2,1-2H3,(H2,23,24,25). The minimum Gasteiger partial charge on any atom is -0.487 e. The van der Waals surface area contributed by atoms with E-state index in [1.165, 1.54) is 18.4 Å². The Labute approximate surface area is 168 Å². The normalized spacial score (nSPS) is 27.3. The summed E-state index contributed by atoms with van der Waals surface area (Å²) in [7, 11) is 2.14. The second-order valence-corrected chi connectivity index (χ2v) is 8.41. The van der Waals surface area contributed by atoms with Gasteiger partial charge in [0.05, 0.1) is 25.3 Å². The predicted octanol–water partition coefficient (Wildman–Crippen LogP) is 2.71. The molecule has 2 heterocycles. The minimum atomic E-state index is -0.0153. The van der Waals surface area contributed by atoms with Gasteiger partial charge < -0.3 is 25.0 Å². The van der Waals surface area contributed by atoms with Crippen LogP contribution >= 0.6 is 0 Å². The van der Waals surface area contributed by atoms with Crippen LogP contribution < -0.4 is 15.4 Å². The molecule has 0 amide bonds. The van der Waals surface area contributed by atoms with Crippen LogP contribution in [0.2, 0.25) is 0 Å². The summed E-state index contributed by atoms with van der Waals surface area (Å²) in [5.41, 5.74) is 1.22. The molecule has 0 bridgehead atoms. The van der Waals surface area contributed by atoms with Crippen LogP contribution in [0.25, 0.3) is 0 Å². The molecule has 1 spiro atoms. The quantitative estimate of drug-likeness (QED) is 0.616. The molecular weight excluding hydrogens is 352 g/mol. The van der Waals surface area contributed by atoms with Crippen molar-refractivity contribution >= 4 is 5.96 Å². The van der Waals surface area contributed by atoms with Gasteiger partial charge in [-0.25, -0.2) is 0 Å². The van der Waals surface area contributed by atoms with Crippen molar-refractivity contribution in [2.24, 2.45) is 4.99 Å². The first kappa shape index (κ1) is 19.5. The lowest BCUT2D eigenvalue weighted by molar-refractivity contribution is -0.0136. The van der Waals surface area contributed by atoms with Crippen molar-refractivity contribution < 1.29 is 9.47 Å². The van der Waals surface area contributed by atoms with E-state index in [0.29, 0.717) is 6.54 Å². The molecule has 1 aliphatic carbocycles. The van der Waals surface area contributed by atoms with Crippen molar-refractivity contribution in [1.29, 1.82) is 0 Å². The number of aliphatic imine (C=N–C) groups is 1. The first-order valence-electron chi connectivity index (χ1n) is 10.8. The van der Waals surface area contributed by atoms with E-state index in [1.54, 1.807) is 0 Å². The second-order valence-electron chi connectivity index (χ2n) is 8.41. The van der Waals surface area contributed by atoms with Crippen molar-refractivity contribution in [3.05, 3.63) is 29.8 Å². The van der Waals surface area contributed by atoms with Crippen LogP contribution in [-0.2, 0) is 4.74 Å². The number of fused-ring (bicyclic) bond motifs is 1. The van der Waals surface area contributed by atoms with E-state index in [0.717, 1.165) is 57.2 Å². The molecule has 2 unspecified atom stereocenters. The van der Waals surface area contributed by atoms with Crippen molar-refractivity contribution in [2.75, 3.05) is 39.8 Å². The number of hydrogen-bond donors (Lipinski definition) is 2. The van der Waals surface area contributed by atoms with Crippen LogP contribution in [0.15, 0.2) is 29.3 Å². The molecule has 154 valence electrons. The van der Waals surface area contributed by atoms with E-state index in [4.69, 9.17) is 14.5 Å². The predicted molar refractivity (Wildman–Crippen MR) is 112 cm³/mol. The first-order valence-corrected chi connectivity index (χ1v) is 10.8. The molecule has 6 nitrogen and oxygen atoms in total. The van der Waals surface area contributed by atoms with Gasteiger partial charge in [-0.15, -0.1) is 0 Å². The van der Waals surface area contributed by atoms with Crippen LogP contribution in [0.5, 0.6) is 5.75 Å². The smallest absolute Gasteiger partial charge is 0.191 e. The molecule has 1 aromatic carbocycles. The maximum atomic E-state index is 6.49. The summed E-state index contributed by atoms with van der Waals surface area (Å²) in [6.07, 6.45) is 5.98. The molecule has 2 atom stereocenters. The number of morpholine rings is 1. The molecule has 3 aliphatic rings. The first-order chi connectivity index (χ1) is 13.7. The van der Waals surface area contributed by atoms with Gasteiger partial charge in [0.1, 0.15) is 11.4 Å². The highest BCUT2D eigenvalue weighted by molar-refractivity contribution is 5.80. The Morgan fingerprint density at radius 3 is 2.89 bits per heavy atom. The van der Waals surface area contributed by atoms with Crippen molar-refractivity contribution in [1.82, 2.24) is 15.5 Å². The van der Waals surface area contributed by atoms with E-state index in [-0.39, 0.29) is 17.7 Å². The third kappa shape index (κ3) is 4.44. The fourth-order valence-electron chi connectivity index (χ4n) is 4.73. The molecule has 0 radical (unpaired) electrons. The van der Waals surface area contributed by atoms with Crippen molar-refractivity contribution in [3.8, 4) is 5.75 Å². The Balaban J connectivity index is 1.49. The third-order valence-corrected chi connectivity index (χ3v) is 6.16. The number of guanidine groups is 1. The Kier molecular flexibility index (Phi) is 6.07. The summed E-state index contributed by atoms with van der Waals surface area (Å²) in [5.74, 6) is 1.90. The van der Waals surface area contributed by atoms with Crippen LogP contribution in [0, 0.1) is 0 Å². The third-order valence-electron chi connectivity index (χ3n) is 6.16. The van der Waals surface area contributed by atoms with Crippen LogP contribution in [0.4, 0.5) is 0 Å². The zero-order valence-electron chi connectivity index (χ0n) is 17.2. The number of nitrogens with zero attached hydrogens (tertiary/aromatic N) is 2. The van der Waals surface area contributed by atoms with Gasteiger partial charge in [-0.3, -0.25) is 4.99 Å². The summed E-state index contributed by atoms with van der Waals surface area (Å²) >= 11 is 0. The van der Waals surface area contributed by atoms with Gasteiger partial charge in [0, 0.05) is 31.6 Å². The molecule has 28 heavy (non-hydrogen) atoms. The Morgan fingerprint density at radius 2 is 2.11 bits per heavy atom. The van der Waals surface area contributed by atoms with E-state index in [2.05, 4.69) is 53.8 Å². The molecule has 1 saturated heterocycles. The molecule has 2 fully saturated rings. The maximum Gasteiger partial charge on any atom is 0.191 e. The lowest BCUT2D eigenvalue weighted by atomic mass is 9.86. The number of nitrogens with one attached hydrogen (secondary N) is 2. The molecule has 6 heteroatoms. The van der Waals surface area contributed by atoms with Crippen molar-refractivity contribution in [2.45, 2.75) is 56.8 Å². The minimum absolute atomic E-state index is 0.0153. The number of hydrogen-bond acceptors (Lipinski definition) is 4. The summed E-state index contributed by atoms with van der Waals surface area (Å²) in [4.78, 5) is 7.16. The summed E-state index contributed by atoms with van der Waals surface area (Å²) < 4.78 is 12.4. The Morgan fingerprint density at radius 1 is 1.29 bits per heavy atom. The number of likely N-dealkylation sites (N-methyl/N-ethyl adjacent to an activating group) is 1. The van der Waals surface area contributed by atoms with E-state index in [1.807, 2.05) is 0 Å². The van der Waals surface area contributed by atoms with Crippen LogP contribution in [0.3, 0.4) is 0 Å². The molecule has 4 rings (SSSR count). The van der Waals surface area contributed by atoms with E-state index in [9.17, 15) is 0 Å². The summed E-state index contributed by atoms with van der Waals surface area (Å²) in [5, 5.41) is 7.12. The maximum absolute atomic E-state index is 6.49. The largest absolute Gasteiger partial charge is 0.487 e. The molecule has 2 aliphatic heterocycles. The van der Waals surface area contributed by atoms with Gasteiger partial charge in [-0.2, -0.15) is 0 Å². The summed E-state index contributed by atoms with van der Waals surface area (Å²) in [6.45, 7) is 6.35. The van der Waals surface area contributed by atoms with Crippen LogP contribution in [-0.4, -0.2) is 62.4 Å². The number of rotatable bonds is 4. The van der Waals surface area contributed by atoms with Crippen molar-refractivity contribution in [3.63, 3.8) is 0 Å². The van der Waals surface area contributed by atoms with Gasteiger partial charge in [0.2, 0.25) is 0 Å². The van der Waals surface area contributed by atoms with Crippen LogP contribution in [0.1, 0.15) is 50.6 Å². The Bertz CT molecular complexity index is 687. The molecule has 1 saturated carbocycles. The topological polar surface area (TPSA) is 58.1 Å². The van der Waals surface area contributed by atoms with E-state index < -0.39 is 0 Å². The monoisotopic (exact) mass is 386 g/mol. The number of benzene rings is 1. The van der Waals surface area contributed by atoms with Gasteiger partial charge in [0.25, 0.3) is 0 Å². The zero-order chi connectivity index (χ0) is 19.4. The number of ether oxygens (including phenoxy) is 2. The van der Waals surface area contributed by atoms with Gasteiger partial charge >= 0.3 is 0 Å². The fourth-order valence-corrected chi connectivity index (χ4v) is 4.73. The highest BCUT2D eigenvalue weighted by Crippen LogP contribution is 2.46.